The molecule has 0 atom stereocenters. The highest BCUT2D eigenvalue weighted by molar-refractivity contribution is 6.27. The normalized spacial score (nSPS) is 11.8. The van der Waals surface area contributed by atoms with E-state index in [2.05, 4.69) is 5.43 Å². The van der Waals surface area contributed by atoms with Crippen molar-refractivity contribution in [2.45, 2.75) is 0 Å². The van der Waals surface area contributed by atoms with Gasteiger partial charge in [0.25, 0.3) is 0 Å². The van der Waals surface area contributed by atoms with Crippen LogP contribution >= 0.6 is 0 Å². The summed E-state index contributed by atoms with van der Waals surface area (Å²) >= 11 is 0. The summed E-state index contributed by atoms with van der Waals surface area (Å²) in [5, 5.41) is 14.8. The lowest BCUT2D eigenvalue weighted by molar-refractivity contribution is -0.159. The van der Waals surface area contributed by atoms with Gasteiger partial charge in [0.2, 0.25) is 0 Å². The first-order valence-electron chi connectivity index (χ1n) is 4.87. The number of benzene rings is 1. The van der Waals surface area contributed by atoms with E-state index < -0.39 is 11.9 Å². The Bertz CT molecular complexity index is 436. The topological polar surface area (TPSA) is 131 Å². The maximum absolute atomic E-state index is 9.10. The minimum absolute atomic E-state index is 0.598. The molecule has 0 bridgehead atoms. The highest BCUT2D eigenvalue weighted by Gasteiger charge is 2.10. The zero-order valence-electron chi connectivity index (χ0n) is 9.25. The maximum atomic E-state index is 9.10. The van der Waals surface area contributed by atoms with Crippen molar-refractivity contribution in [3.63, 3.8) is 0 Å². The summed E-state index contributed by atoms with van der Waals surface area (Å²) in [4.78, 5) is 18.2. The molecule has 8 heteroatoms. The highest BCUT2D eigenvalue weighted by atomic mass is 16.6. The van der Waals surface area contributed by atoms with Crippen LogP contribution in [0.15, 0.2) is 18.2 Å². The summed E-state index contributed by atoms with van der Waals surface area (Å²) in [6.07, 6.45) is 0. The third kappa shape index (κ3) is 3.83. The Hall–Kier alpha value is -2.48. The predicted molar refractivity (Wildman–Crippen MR) is 60.5 cm³/mol. The quantitative estimate of drug-likeness (QED) is 0.311. The molecule has 1 aliphatic rings. The van der Waals surface area contributed by atoms with Gasteiger partial charge in [-0.2, -0.15) is 0 Å². The Morgan fingerprint density at radius 2 is 1.67 bits per heavy atom. The number of anilines is 1. The van der Waals surface area contributed by atoms with Crippen molar-refractivity contribution >= 4 is 17.6 Å². The van der Waals surface area contributed by atoms with Crippen LogP contribution < -0.4 is 20.7 Å². The second kappa shape index (κ2) is 6.30. The number of nitrogen functional groups attached to an aromatic ring is 1. The van der Waals surface area contributed by atoms with E-state index in [0.717, 1.165) is 17.2 Å². The highest BCUT2D eigenvalue weighted by Crippen LogP contribution is 2.31. The van der Waals surface area contributed by atoms with Gasteiger partial charge in [0.15, 0.2) is 11.5 Å². The molecule has 0 amide bonds. The van der Waals surface area contributed by atoms with Gasteiger partial charge in [-0.3, -0.25) is 5.84 Å². The molecule has 98 valence electrons. The number of fused-ring (bicyclic) bond motifs is 1. The Balaban J connectivity index is 0.000000232. The standard InChI is InChI=1S/C8H10N2O2.C2H2O4/c9-10-6-1-2-7-8(5-6)12-4-3-11-7;3-1(4)2(5)6/h1-2,5,10H,3-4,9H2;(H,3,4)(H,5,6). The van der Waals surface area contributed by atoms with Crippen LogP contribution in [0.2, 0.25) is 0 Å². The van der Waals surface area contributed by atoms with E-state index in [-0.39, 0.29) is 0 Å². The number of carboxylic acid groups (broad SMARTS) is 2. The van der Waals surface area contributed by atoms with Gasteiger partial charge in [0.1, 0.15) is 13.2 Å². The summed E-state index contributed by atoms with van der Waals surface area (Å²) in [6, 6.07) is 5.49. The minimum atomic E-state index is -1.82. The van der Waals surface area contributed by atoms with E-state index in [0.29, 0.717) is 13.2 Å². The molecule has 1 heterocycles. The largest absolute Gasteiger partial charge is 0.486 e. The van der Waals surface area contributed by atoms with E-state index in [1.54, 1.807) is 0 Å². The summed E-state index contributed by atoms with van der Waals surface area (Å²) in [5.74, 6) is 3.11. The molecule has 0 saturated heterocycles. The minimum Gasteiger partial charge on any atom is -0.486 e. The summed E-state index contributed by atoms with van der Waals surface area (Å²) < 4.78 is 10.7. The van der Waals surface area contributed by atoms with Crippen LogP contribution in [0.4, 0.5) is 5.69 Å². The van der Waals surface area contributed by atoms with Crippen molar-refractivity contribution < 1.29 is 29.3 Å². The number of hydrazine groups is 1. The van der Waals surface area contributed by atoms with Gasteiger partial charge in [0.05, 0.1) is 5.69 Å². The zero-order valence-corrected chi connectivity index (χ0v) is 9.25. The molecular weight excluding hydrogens is 244 g/mol. The van der Waals surface area contributed by atoms with Crippen molar-refractivity contribution in [2.24, 2.45) is 5.84 Å². The Morgan fingerprint density at radius 1 is 1.11 bits per heavy atom. The van der Waals surface area contributed by atoms with Gasteiger partial charge in [-0.1, -0.05) is 0 Å². The number of nitrogens with two attached hydrogens (primary N) is 1. The monoisotopic (exact) mass is 256 g/mol. The molecule has 18 heavy (non-hydrogen) atoms. The van der Waals surface area contributed by atoms with E-state index in [9.17, 15) is 0 Å². The molecule has 0 saturated carbocycles. The Labute approximate surface area is 102 Å². The number of carboxylic acids is 2. The summed E-state index contributed by atoms with van der Waals surface area (Å²) in [5.41, 5.74) is 3.36. The van der Waals surface area contributed by atoms with E-state index in [1.807, 2.05) is 18.2 Å². The Morgan fingerprint density at radius 3 is 2.17 bits per heavy atom. The van der Waals surface area contributed by atoms with Crippen LogP contribution in [-0.4, -0.2) is 35.4 Å². The third-order valence-electron chi connectivity index (χ3n) is 1.89. The molecule has 8 nitrogen and oxygen atoms in total. The molecule has 1 aliphatic heterocycles. The van der Waals surface area contributed by atoms with Gasteiger partial charge >= 0.3 is 11.9 Å². The van der Waals surface area contributed by atoms with Crippen molar-refractivity contribution in [3.8, 4) is 11.5 Å². The predicted octanol–water partition coefficient (Wildman–Crippen LogP) is -0.101. The number of nitrogens with one attached hydrogen (secondary N) is 1. The van der Waals surface area contributed by atoms with E-state index in [1.165, 1.54) is 0 Å². The molecule has 5 N–H and O–H groups in total. The first-order valence-corrected chi connectivity index (χ1v) is 4.87. The molecule has 0 spiro atoms. The fourth-order valence-corrected chi connectivity index (χ4v) is 1.13. The molecular formula is C10H12N2O6. The van der Waals surface area contributed by atoms with Gasteiger partial charge in [-0.25, -0.2) is 9.59 Å². The van der Waals surface area contributed by atoms with Crippen molar-refractivity contribution in [1.29, 1.82) is 0 Å². The van der Waals surface area contributed by atoms with Crippen LogP contribution in [0, 0.1) is 0 Å². The van der Waals surface area contributed by atoms with Gasteiger partial charge in [-0.15, -0.1) is 0 Å². The van der Waals surface area contributed by atoms with Gasteiger partial charge < -0.3 is 25.1 Å². The molecule has 0 unspecified atom stereocenters. The lowest BCUT2D eigenvalue weighted by atomic mass is 10.2. The number of carbonyl (C=O) groups is 2. The van der Waals surface area contributed by atoms with Crippen LogP contribution in [0.5, 0.6) is 11.5 Å². The average molecular weight is 256 g/mol. The number of aliphatic carboxylic acids is 2. The fourth-order valence-electron chi connectivity index (χ4n) is 1.13. The lowest BCUT2D eigenvalue weighted by Gasteiger charge is -2.18. The molecule has 0 radical (unpaired) electrons. The molecule has 1 aromatic carbocycles. The maximum Gasteiger partial charge on any atom is 0.414 e. The summed E-state index contributed by atoms with van der Waals surface area (Å²) in [6.45, 7) is 1.21. The zero-order chi connectivity index (χ0) is 13.5. The van der Waals surface area contributed by atoms with Crippen LogP contribution in [0.1, 0.15) is 0 Å². The molecule has 0 fully saturated rings. The number of rotatable bonds is 1. The molecule has 0 aromatic heterocycles. The third-order valence-corrected chi connectivity index (χ3v) is 1.89. The molecule has 1 aromatic rings. The fraction of sp³-hybridized carbons (Fsp3) is 0.200. The van der Waals surface area contributed by atoms with Crippen molar-refractivity contribution in [1.82, 2.24) is 0 Å². The second-order valence-electron chi connectivity index (χ2n) is 3.11. The number of ether oxygens (including phenoxy) is 2. The smallest absolute Gasteiger partial charge is 0.414 e. The van der Waals surface area contributed by atoms with Gasteiger partial charge in [-0.05, 0) is 12.1 Å². The number of hydrogen-bond acceptors (Lipinski definition) is 6. The first kappa shape index (κ1) is 13.6. The van der Waals surface area contributed by atoms with Gasteiger partial charge in [0, 0.05) is 6.07 Å². The second-order valence-corrected chi connectivity index (χ2v) is 3.11. The molecule has 2 rings (SSSR count). The SMILES string of the molecule is NNc1ccc2c(c1)OCCO2.O=C(O)C(=O)O. The summed E-state index contributed by atoms with van der Waals surface area (Å²) in [7, 11) is 0. The number of hydrogen-bond donors (Lipinski definition) is 4. The Kier molecular flexibility index (Phi) is 4.76. The average Bonchev–Trinajstić information content (AvgIpc) is 2.38. The first-order chi connectivity index (χ1) is 8.54. The lowest BCUT2D eigenvalue weighted by Crippen LogP contribution is -2.16. The van der Waals surface area contributed by atoms with E-state index >= 15 is 0 Å². The van der Waals surface area contributed by atoms with Crippen LogP contribution in [-0.2, 0) is 9.59 Å². The molecule has 0 aliphatic carbocycles. The van der Waals surface area contributed by atoms with Crippen LogP contribution in [0.3, 0.4) is 0 Å². The van der Waals surface area contributed by atoms with Crippen molar-refractivity contribution in [2.75, 3.05) is 18.6 Å². The van der Waals surface area contributed by atoms with Crippen LogP contribution in [0.25, 0.3) is 0 Å². The van der Waals surface area contributed by atoms with Crippen molar-refractivity contribution in [3.05, 3.63) is 18.2 Å². The van der Waals surface area contributed by atoms with E-state index in [4.69, 9.17) is 35.1 Å².